The molecule has 2 amide bonds. The number of benzene rings is 1. The van der Waals surface area contributed by atoms with E-state index in [2.05, 4.69) is 45.0 Å². The Morgan fingerprint density at radius 2 is 1.92 bits per heavy atom. The molecule has 2 N–H and O–H groups in total. The first-order valence-electron chi connectivity index (χ1n) is 8.80. The molecule has 6 heteroatoms. The topological polar surface area (TPSA) is 71.8 Å². The third kappa shape index (κ3) is 4.08. The Kier molecular flexibility index (Phi) is 4.64. The molecule has 1 aliphatic carbocycles. The van der Waals surface area contributed by atoms with Crippen LogP contribution in [0.5, 0.6) is 0 Å². The van der Waals surface area contributed by atoms with Crippen molar-refractivity contribution in [3.63, 3.8) is 0 Å². The molecule has 2 unspecified atom stereocenters. The Hall–Kier alpha value is -3.15. The van der Waals surface area contributed by atoms with E-state index in [1.165, 1.54) is 5.56 Å². The van der Waals surface area contributed by atoms with Gasteiger partial charge in [-0.25, -0.2) is 4.79 Å². The number of hydrogen-bond donors (Lipinski definition) is 2. The van der Waals surface area contributed by atoms with E-state index in [1.54, 1.807) is 23.1 Å². The first kappa shape index (κ1) is 16.3. The predicted molar refractivity (Wildman–Crippen MR) is 99.9 cm³/mol. The van der Waals surface area contributed by atoms with Crippen molar-refractivity contribution in [1.82, 2.24) is 20.1 Å². The molecule has 1 aliphatic rings. The van der Waals surface area contributed by atoms with E-state index in [0.29, 0.717) is 30.7 Å². The SMILES string of the molecule is O=C(NCC1CC1c1ccccc1)Nc1ccn(Cc2ccncc2)n1. The second-order valence-electron chi connectivity index (χ2n) is 6.60. The Morgan fingerprint density at radius 3 is 2.73 bits per heavy atom. The maximum atomic E-state index is 12.1. The van der Waals surface area contributed by atoms with Crippen molar-refractivity contribution in [2.24, 2.45) is 5.92 Å². The van der Waals surface area contributed by atoms with Gasteiger partial charge in [0.2, 0.25) is 0 Å². The highest BCUT2D eigenvalue weighted by atomic mass is 16.2. The van der Waals surface area contributed by atoms with Crippen LogP contribution in [0.1, 0.15) is 23.5 Å². The van der Waals surface area contributed by atoms with Crippen molar-refractivity contribution in [3.05, 3.63) is 78.2 Å². The highest BCUT2D eigenvalue weighted by molar-refractivity contribution is 5.88. The zero-order chi connectivity index (χ0) is 17.8. The van der Waals surface area contributed by atoms with E-state index < -0.39 is 0 Å². The van der Waals surface area contributed by atoms with Gasteiger partial charge in [-0.3, -0.25) is 15.0 Å². The van der Waals surface area contributed by atoms with E-state index in [4.69, 9.17) is 0 Å². The number of anilines is 1. The summed E-state index contributed by atoms with van der Waals surface area (Å²) in [4.78, 5) is 16.1. The molecule has 0 radical (unpaired) electrons. The van der Waals surface area contributed by atoms with E-state index in [-0.39, 0.29) is 6.03 Å². The number of rotatable bonds is 6. The number of carbonyl (C=O) groups excluding carboxylic acids is 1. The normalized spacial score (nSPS) is 18.3. The Balaban J connectivity index is 1.23. The van der Waals surface area contributed by atoms with Gasteiger partial charge >= 0.3 is 6.03 Å². The Morgan fingerprint density at radius 1 is 1.12 bits per heavy atom. The summed E-state index contributed by atoms with van der Waals surface area (Å²) in [5, 5.41) is 10.1. The summed E-state index contributed by atoms with van der Waals surface area (Å²) in [6.45, 7) is 1.33. The van der Waals surface area contributed by atoms with Crippen LogP contribution in [0.15, 0.2) is 67.1 Å². The summed E-state index contributed by atoms with van der Waals surface area (Å²) in [5.41, 5.74) is 2.47. The van der Waals surface area contributed by atoms with Crippen LogP contribution in [0.3, 0.4) is 0 Å². The minimum Gasteiger partial charge on any atom is -0.338 e. The van der Waals surface area contributed by atoms with Crippen molar-refractivity contribution < 1.29 is 4.79 Å². The molecule has 3 aromatic rings. The molecule has 132 valence electrons. The summed E-state index contributed by atoms with van der Waals surface area (Å²) in [6.07, 6.45) is 6.49. The van der Waals surface area contributed by atoms with Crippen LogP contribution in [-0.2, 0) is 6.54 Å². The summed E-state index contributed by atoms with van der Waals surface area (Å²) >= 11 is 0. The van der Waals surface area contributed by atoms with Crippen LogP contribution in [0.4, 0.5) is 10.6 Å². The fourth-order valence-corrected chi connectivity index (χ4v) is 3.16. The number of hydrogen-bond acceptors (Lipinski definition) is 3. The average Bonchev–Trinajstić information content (AvgIpc) is 3.34. The minimum atomic E-state index is -0.210. The number of aromatic nitrogens is 3. The van der Waals surface area contributed by atoms with Gasteiger partial charge < -0.3 is 5.32 Å². The number of nitrogens with one attached hydrogen (secondary N) is 2. The van der Waals surface area contributed by atoms with Crippen LogP contribution in [0.25, 0.3) is 0 Å². The average molecular weight is 347 g/mol. The van der Waals surface area contributed by atoms with Crippen molar-refractivity contribution in [2.45, 2.75) is 18.9 Å². The summed E-state index contributed by atoms with van der Waals surface area (Å²) in [6, 6.07) is 15.9. The van der Waals surface area contributed by atoms with Crippen molar-refractivity contribution in [2.75, 3.05) is 11.9 Å². The molecule has 6 nitrogen and oxygen atoms in total. The first-order valence-corrected chi connectivity index (χ1v) is 8.80. The molecule has 2 heterocycles. The van der Waals surface area contributed by atoms with E-state index in [9.17, 15) is 4.79 Å². The number of amides is 2. The van der Waals surface area contributed by atoms with Crippen molar-refractivity contribution >= 4 is 11.8 Å². The number of carbonyl (C=O) groups is 1. The summed E-state index contributed by atoms with van der Waals surface area (Å²) in [5.74, 6) is 1.63. The Labute approximate surface area is 152 Å². The molecule has 0 aliphatic heterocycles. The second-order valence-corrected chi connectivity index (χ2v) is 6.60. The third-order valence-electron chi connectivity index (χ3n) is 4.65. The molecule has 4 rings (SSSR count). The molecular weight excluding hydrogens is 326 g/mol. The lowest BCUT2D eigenvalue weighted by Gasteiger charge is -2.06. The van der Waals surface area contributed by atoms with Gasteiger partial charge in [0.05, 0.1) is 6.54 Å². The van der Waals surface area contributed by atoms with Crippen molar-refractivity contribution in [1.29, 1.82) is 0 Å². The monoisotopic (exact) mass is 347 g/mol. The van der Waals surface area contributed by atoms with Crippen LogP contribution < -0.4 is 10.6 Å². The minimum absolute atomic E-state index is 0.210. The zero-order valence-electron chi connectivity index (χ0n) is 14.4. The molecule has 0 spiro atoms. The number of urea groups is 1. The molecule has 0 saturated heterocycles. The number of nitrogens with zero attached hydrogens (tertiary/aromatic N) is 3. The fourth-order valence-electron chi connectivity index (χ4n) is 3.16. The van der Waals surface area contributed by atoms with Gasteiger partial charge in [0.15, 0.2) is 5.82 Å². The van der Waals surface area contributed by atoms with Gasteiger partial charge in [-0.2, -0.15) is 5.10 Å². The van der Waals surface area contributed by atoms with Crippen LogP contribution in [0, 0.1) is 5.92 Å². The largest absolute Gasteiger partial charge is 0.338 e. The lowest BCUT2D eigenvalue weighted by molar-refractivity contribution is 0.251. The smallest absolute Gasteiger partial charge is 0.320 e. The molecular formula is C20H21N5O. The van der Waals surface area contributed by atoms with Gasteiger partial charge in [0.1, 0.15) is 0 Å². The summed E-state index contributed by atoms with van der Waals surface area (Å²) < 4.78 is 1.79. The van der Waals surface area contributed by atoms with E-state index >= 15 is 0 Å². The predicted octanol–water partition coefficient (Wildman–Crippen LogP) is 3.25. The first-order chi connectivity index (χ1) is 12.8. The second kappa shape index (κ2) is 7.39. The lowest BCUT2D eigenvalue weighted by Crippen LogP contribution is -2.30. The Bertz CT molecular complexity index is 862. The molecule has 1 saturated carbocycles. The highest BCUT2D eigenvalue weighted by Gasteiger charge is 2.38. The van der Waals surface area contributed by atoms with Crippen LogP contribution >= 0.6 is 0 Å². The maximum absolute atomic E-state index is 12.1. The van der Waals surface area contributed by atoms with Gasteiger partial charge in [0.25, 0.3) is 0 Å². The third-order valence-corrected chi connectivity index (χ3v) is 4.65. The highest BCUT2D eigenvalue weighted by Crippen LogP contribution is 2.46. The van der Waals surface area contributed by atoms with Gasteiger partial charge in [-0.05, 0) is 41.5 Å². The molecule has 2 atom stereocenters. The van der Waals surface area contributed by atoms with Gasteiger partial charge in [0, 0.05) is 31.2 Å². The number of pyridine rings is 1. The zero-order valence-corrected chi connectivity index (χ0v) is 14.4. The van der Waals surface area contributed by atoms with Crippen LogP contribution in [-0.4, -0.2) is 27.3 Å². The molecule has 1 aromatic carbocycles. The van der Waals surface area contributed by atoms with E-state index in [0.717, 1.165) is 12.0 Å². The molecule has 0 bridgehead atoms. The standard InChI is InChI=1S/C20H21N5O/c26-20(22-13-17-12-18(17)16-4-2-1-3-5-16)23-19-8-11-25(24-19)14-15-6-9-21-10-7-15/h1-11,17-18H,12-14H2,(H2,22,23,24,26). The van der Waals surface area contributed by atoms with Gasteiger partial charge in [-0.15, -0.1) is 0 Å². The maximum Gasteiger partial charge on any atom is 0.320 e. The quantitative estimate of drug-likeness (QED) is 0.719. The fraction of sp³-hybridized carbons (Fsp3) is 0.250. The lowest BCUT2D eigenvalue weighted by atomic mass is 10.1. The molecule has 26 heavy (non-hydrogen) atoms. The molecule has 2 aromatic heterocycles. The van der Waals surface area contributed by atoms with E-state index in [1.807, 2.05) is 24.4 Å². The molecule has 1 fully saturated rings. The summed E-state index contributed by atoms with van der Waals surface area (Å²) in [7, 11) is 0. The van der Waals surface area contributed by atoms with Crippen molar-refractivity contribution in [3.8, 4) is 0 Å². The van der Waals surface area contributed by atoms with Crippen LogP contribution in [0.2, 0.25) is 0 Å². The van der Waals surface area contributed by atoms with Gasteiger partial charge in [-0.1, -0.05) is 30.3 Å².